The molecule has 0 aromatic heterocycles. The number of fused-ring (bicyclic) bond motifs is 1. The highest BCUT2D eigenvalue weighted by atomic mass is 32.2. The van der Waals surface area contributed by atoms with Crippen LogP contribution < -0.4 is 10.2 Å². The predicted octanol–water partition coefficient (Wildman–Crippen LogP) is 3.14. The number of esters is 1. The summed E-state index contributed by atoms with van der Waals surface area (Å²) in [6, 6.07) is 11.3. The maximum absolute atomic E-state index is 14.9. The molecule has 0 aliphatic carbocycles. The second-order valence-electron chi connectivity index (χ2n) is 8.47. The number of thioether (sulfide) groups is 1. The Kier molecular flexibility index (Phi) is 6.60. The van der Waals surface area contributed by atoms with Crippen LogP contribution in [0.5, 0.6) is 0 Å². The van der Waals surface area contributed by atoms with Gasteiger partial charge in [0.1, 0.15) is 11.4 Å². The summed E-state index contributed by atoms with van der Waals surface area (Å²) in [5.74, 6) is -4.15. The van der Waals surface area contributed by atoms with Crippen molar-refractivity contribution < 1.29 is 28.3 Å². The van der Waals surface area contributed by atoms with E-state index in [2.05, 4.69) is 5.32 Å². The van der Waals surface area contributed by atoms with E-state index in [4.69, 9.17) is 4.74 Å². The number of nitrogens with one attached hydrogen (secondary N) is 1. The van der Waals surface area contributed by atoms with Crippen LogP contribution in [0.15, 0.2) is 48.5 Å². The molecular weight excluding hydrogens is 459 g/mol. The second kappa shape index (κ2) is 9.31. The molecule has 2 saturated heterocycles. The first kappa shape index (κ1) is 24.1. The highest BCUT2D eigenvalue weighted by Crippen LogP contribution is 2.51. The van der Waals surface area contributed by atoms with Gasteiger partial charge >= 0.3 is 5.97 Å². The van der Waals surface area contributed by atoms with E-state index in [1.54, 1.807) is 30.3 Å². The topological polar surface area (TPSA) is 92.8 Å². The smallest absolute Gasteiger partial charge is 0.326 e. The minimum absolute atomic E-state index is 0.202. The maximum Gasteiger partial charge on any atom is 0.326 e. The molecule has 4 atom stereocenters. The minimum Gasteiger partial charge on any atom is -0.468 e. The molecule has 0 radical (unpaired) electrons. The maximum atomic E-state index is 14.9. The van der Waals surface area contributed by atoms with Gasteiger partial charge in [0.05, 0.1) is 24.6 Å². The van der Waals surface area contributed by atoms with Gasteiger partial charge in [-0.25, -0.2) is 9.29 Å². The Balaban J connectivity index is 1.88. The molecule has 2 amide bonds. The zero-order chi connectivity index (χ0) is 24.6. The molecule has 0 bridgehead atoms. The summed E-state index contributed by atoms with van der Waals surface area (Å²) < 4.78 is 20.0. The number of anilines is 1. The molecule has 9 heteroatoms. The van der Waals surface area contributed by atoms with Gasteiger partial charge in [-0.15, -0.1) is 0 Å². The molecule has 2 aliphatic rings. The van der Waals surface area contributed by atoms with Crippen molar-refractivity contribution in [2.75, 3.05) is 24.0 Å². The van der Waals surface area contributed by atoms with Crippen molar-refractivity contribution in [3.8, 4) is 0 Å². The Hall–Kier alpha value is -3.04. The van der Waals surface area contributed by atoms with E-state index in [9.17, 15) is 23.6 Å². The molecule has 0 saturated carbocycles. The van der Waals surface area contributed by atoms with Gasteiger partial charge in [-0.1, -0.05) is 30.3 Å². The second-order valence-corrected chi connectivity index (χ2v) is 9.46. The lowest BCUT2D eigenvalue weighted by molar-refractivity contribution is -0.152. The Morgan fingerprint density at radius 3 is 2.53 bits per heavy atom. The van der Waals surface area contributed by atoms with Crippen molar-refractivity contribution in [2.24, 2.45) is 11.8 Å². The molecule has 2 aromatic rings. The molecule has 4 rings (SSSR count). The van der Waals surface area contributed by atoms with E-state index in [-0.39, 0.29) is 23.5 Å². The largest absolute Gasteiger partial charge is 0.468 e. The molecule has 0 spiro atoms. The standard InChI is InChI=1S/C25H25FN2O5S/c1-14(29)15-7-6-8-16(13-15)28-22(30)19-20(23(28)31)25(11-12-34-3,24(32)33-2)27-21(19)17-9-4-5-10-18(17)26/h4-10,13,19-21,27H,11-12H2,1-3H3. The third-order valence-electron chi connectivity index (χ3n) is 6.66. The summed E-state index contributed by atoms with van der Waals surface area (Å²) >= 11 is 1.48. The quantitative estimate of drug-likeness (QED) is 0.367. The number of carbonyl (C=O) groups is 4. The van der Waals surface area contributed by atoms with Crippen molar-refractivity contribution in [3.05, 3.63) is 65.5 Å². The molecule has 2 fully saturated rings. The number of carbonyl (C=O) groups excluding carboxylic acids is 4. The van der Waals surface area contributed by atoms with Crippen LogP contribution in [0.25, 0.3) is 0 Å². The van der Waals surface area contributed by atoms with Crippen LogP contribution in [-0.2, 0) is 19.1 Å². The normalized spacial score (nSPS) is 26.0. The van der Waals surface area contributed by atoms with Crippen molar-refractivity contribution in [1.29, 1.82) is 0 Å². The molecule has 2 aliphatic heterocycles. The number of amides is 2. The number of nitrogens with zero attached hydrogens (tertiary/aromatic N) is 1. The van der Waals surface area contributed by atoms with E-state index in [1.165, 1.54) is 44.0 Å². The van der Waals surface area contributed by atoms with Crippen LogP contribution in [0.2, 0.25) is 0 Å². The molecule has 178 valence electrons. The Morgan fingerprint density at radius 1 is 1.15 bits per heavy atom. The number of ketones is 1. The highest BCUT2D eigenvalue weighted by Gasteiger charge is 2.68. The summed E-state index contributed by atoms with van der Waals surface area (Å²) in [5, 5.41) is 3.16. The third-order valence-corrected chi connectivity index (χ3v) is 7.27. The van der Waals surface area contributed by atoms with Crippen LogP contribution in [0.1, 0.15) is 35.3 Å². The van der Waals surface area contributed by atoms with Crippen LogP contribution in [0.3, 0.4) is 0 Å². The van der Waals surface area contributed by atoms with Gasteiger partial charge in [0.25, 0.3) is 0 Å². The van der Waals surface area contributed by atoms with Gasteiger partial charge in [-0.2, -0.15) is 11.8 Å². The monoisotopic (exact) mass is 484 g/mol. The number of rotatable bonds is 7. The summed E-state index contributed by atoms with van der Waals surface area (Å²) in [4.78, 5) is 53.6. The zero-order valence-electron chi connectivity index (χ0n) is 19.0. The molecule has 7 nitrogen and oxygen atoms in total. The minimum atomic E-state index is -1.50. The number of Topliss-reactive ketones (excluding diaryl/α,β-unsaturated/α-hetero) is 1. The van der Waals surface area contributed by atoms with Gasteiger partial charge in [0.2, 0.25) is 11.8 Å². The summed E-state index contributed by atoms with van der Waals surface area (Å²) in [6.45, 7) is 1.39. The van der Waals surface area contributed by atoms with Crippen LogP contribution in [0.4, 0.5) is 10.1 Å². The lowest BCUT2D eigenvalue weighted by Crippen LogP contribution is -2.56. The average molecular weight is 485 g/mol. The number of ether oxygens (including phenoxy) is 1. The van der Waals surface area contributed by atoms with Crippen molar-refractivity contribution in [1.82, 2.24) is 5.32 Å². The average Bonchev–Trinajstić information content (AvgIpc) is 3.31. The molecule has 1 N–H and O–H groups in total. The third kappa shape index (κ3) is 3.73. The summed E-state index contributed by atoms with van der Waals surface area (Å²) in [5.41, 5.74) is -0.712. The summed E-state index contributed by atoms with van der Waals surface area (Å²) in [6.07, 6.45) is 2.08. The van der Waals surface area contributed by atoms with E-state index in [1.807, 2.05) is 6.26 Å². The number of hydrogen-bond donors (Lipinski definition) is 1. The molecule has 4 unspecified atom stereocenters. The lowest BCUT2D eigenvalue weighted by atomic mass is 9.78. The summed E-state index contributed by atoms with van der Waals surface area (Å²) in [7, 11) is 1.23. The van der Waals surface area contributed by atoms with Crippen LogP contribution in [0, 0.1) is 17.7 Å². The highest BCUT2D eigenvalue weighted by molar-refractivity contribution is 7.98. The fourth-order valence-corrected chi connectivity index (χ4v) is 5.61. The van der Waals surface area contributed by atoms with Crippen molar-refractivity contribution in [3.63, 3.8) is 0 Å². The Bertz CT molecular complexity index is 1170. The van der Waals surface area contributed by atoms with E-state index in [0.717, 1.165) is 4.90 Å². The zero-order valence-corrected chi connectivity index (χ0v) is 19.9. The van der Waals surface area contributed by atoms with E-state index in [0.29, 0.717) is 11.3 Å². The number of benzene rings is 2. The fraction of sp³-hybridized carbons (Fsp3) is 0.360. The Labute approximate surface area is 201 Å². The lowest BCUT2D eigenvalue weighted by Gasteiger charge is -2.32. The van der Waals surface area contributed by atoms with Crippen LogP contribution in [-0.4, -0.2) is 48.2 Å². The number of halogens is 1. The first-order valence-electron chi connectivity index (χ1n) is 10.8. The first-order chi connectivity index (χ1) is 16.3. The molecular formula is C25H25FN2O5S. The molecule has 2 heterocycles. The molecule has 2 aromatic carbocycles. The Morgan fingerprint density at radius 2 is 1.88 bits per heavy atom. The van der Waals surface area contributed by atoms with E-state index < -0.39 is 47.0 Å². The number of imide groups is 1. The van der Waals surface area contributed by atoms with Crippen molar-refractivity contribution in [2.45, 2.75) is 24.9 Å². The van der Waals surface area contributed by atoms with E-state index >= 15 is 0 Å². The van der Waals surface area contributed by atoms with Gasteiger partial charge < -0.3 is 4.74 Å². The van der Waals surface area contributed by atoms with Crippen LogP contribution >= 0.6 is 11.8 Å². The van der Waals surface area contributed by atoms with Gasteiger partial charge in [-0.3, -0.25) is 24.5 Å². The fourth-order valence-electron chi connectivity index (χ4n) is 5.08. The van der Waals surface area contributed by atoms with Crippen molar-refractivity contribution >= 4 is 41.0 Å². The SMILES string of the molecule is COC(=O)C1(CCSC)NC(c2ccccc2F)C2C(=O)N(c3cccc(C(C)=O)c3)C(=O)C21. The predicted molar refractivity (Wildman–Crippen MR) is 126 cm³/mol. The number of methoxy groups -OCH3 is 1. The molecule has 34 heavy (non-hydrogen) atoms. The van der Waals surface area contributed by atoms with Gasteiger partial charge in [-0.05, 0) is 43.6 Å². The van der Waals surface area contributed by atoms with Gasteiger partial charge in [0.15, 0.2) is 5.78 Å². The first-order valence-corrected chi connectivity index (χ1v) is 12.2. The number of hydrogen-bond acceptors (Lipinski definition) is 7. The van der Waals surface area contributed by atoms with Gasteiger partial charge in [0, 0.05) is 17.2 Å².